The summed E-state index contributed by atoms with van der Waals surface area (Å²) in [6.07, 6.45) is 1.85. The highest BCUT2D eigenvalue weighted by Gasteiger charge is 2.26. The van der Waals surface area contributed by atoms with E-state index in [0.29, 0.717) is 6.54 Å². The number of benzene rings is 1. The number of aryl methyl sites for hydroxylation is 1. The number of carbonyl (C=O) groups is 1. The van der Waals surface area contributed by atoms with Crippen LogP contribution in [0.3, 0.4) is 0 Å². The number of rotatable bonds is 2. The smallest absolute Gasteiger partial charge is 0.224 e. The third-order valence-electron chi connectivity index (χ3n) is 4.26. The molecule has 4 nitrogen and oxygen atoms in total. The monoisotopic (exact) mass is 301 g/mol. The molecule has 0 aliphatic carbocycles. The van der Waals surface area contributed by atoms with Crippen molar-refractivity contribution in [3.8, 4) is 0 Å². The summed E-state index contributed by atoms with van der Waals surface area (Å²) in [6.45, 7) is 3.48. The standard InChI is InChI=1S/C17H20FN3O/c1-11-8-16(14-9-13(18)5-6-15(14)20-11)21-7-3-4-12(10-21)17(22)19-2/h5-6,8-9,12H,3-4,7,10H2,1-2H3,(H,19,22). The molecule has 2 heterocycles. The van der Waals surface area contributed by atoms with Crippen LogP contribution in [-0.4, -0.2) is 31.0 Å². The lowest BCUT2D eigenvalue weighted by Gasteiger charge is -2.34. The van der Waals surface area contributed by atoms with Crippen molar-refractivity contribution in [3.63, 3.8) is 0 Å². The number of nitrogens with one attached hydrogen (secondary N) is 1. The van der Waals surface area contributed by atoms with Crippen molar-refractivity contribution in [1.29, 1.82) is 0 Å². The Morgan fingerprint density at radius 2 is 2.23 bits per heavy atom. The molecule has 1 aliphatic heterocycles. The zero-order valence-electron chi connectivity index (χ0n) is 12.9. The number of aromatic nitrogens is 1. The quantitative estimate of drug-likeness (QED) is 0.927. The van der Waals surface area contributed by atoms with E-state index in [1.807, 2.05) is 13.0 Å². The maximum atomic E-state index is 13.6. The van der Waals surface area contributed by atoms with Gasteiger partial charge in [-0.2, -0.15) is 0 Å². The van der Waals surface area contributed by atoms with Gasteiger partial charge in [-0.25, -0.2) is 4.39 Å². The highest BCUT2D eigenvalue weighted by molar-refractivity contribution is 5.92. The molecular weight excluding hydrogens is 281 g/mol. The third kappa shape index (κ3) is 2.75. The van der Waals surface area contributed by atoms with Gasteiger partial charge in [-0.15, -0.1) is 0 Å². The highest BCUT2D eigenvalue weighted by Crippen LogP contribution is 2.31. The number of carbonyl (C=O) groups excluding carboxylic acids is 1. The number of piperidine rings is 1. The maximum Gasteiger partial charge on any atom is 0.224 e. The van der Waals surface area contributed by atoms with Gasteiger partial charge in [0.25, 0.3) is 0 Å². The number of hydrogen-bond donors (Lipinski definition) is 1. The first-order valence-corrected chi connectivity index (χ1v) is 7.62. The molecule has 1 saturated heterocycles. The summed E-state index contributed by atoms with van der Waals surface area (Å²) in [5.74, 6) is -0.207. The minimum absolute atomic E-state index is 0.0177. The number of halogens is 1. The summed E-state index contributed by atoms with van der Waals surface area (Å²) < 4.78 is 13.6. The van der Waals surface area contributed by atoms with Crippen molar-refractivity contribution >= 4 is 22.5 Å². The zero-order valence-corrected chi connectivity index (χ0v) is 12.9. The molecule has 1 fully saturated rings. The van der Waals surface area contributed by atoms with E-state index < -0.39 is 0 Å². The SMILES string of the molecule is CNC(=O)C1CCCN(c2cc(C)nc3ccc(F)cc23)C1. The van der Waals surface area contributed by atoms with E-state index in [1.54, 1.807) is 13.1 Å². The van der Waals surface area contributed by atoms with E-state index in [2.05, 4.69) is 15.2 Å². The molecule has 1 atom stereocenters. The second-order valence-corrected chi connectivity index (χ2v) is 5.84. The van der Waals surface area contributed by atoms with Crippen LogP contribution in [0.5, 0.6) is 0 Å². The lowest BCUT2D eigenvalue weighted by Crippen LogP contribution is -2.42. The lowest BCUT2D eigenvalue weighted by atomic mass is 9.96. The molecule has 0 spiro atoms. The van der Waals surface area contributed by atoms with Gasteiger partial charge in [0.2, 0.25) is 5.91 Å². The fourth-order valence-corrected chi connectivity index (χ4v) is 3.18. The zero-order chi connectivity index (χ0) is 15.7. The van der Waals surface area contributed by atoms with Crippen LogP contribution < -0.4 is 10.2 Å². The molecule has 2 aromatic rings. The first-order chi connectivity index (χ1) is 10.6. The highest BCUT2D eigenvalue weighted by atomic mass is 19.1. The first-order valence-electron chi connectivity index (χ1n) is 7.62. The first kappa shape index (κ1) is 14.8. The Morgan fingerprint density at radius 1 is 1.41 bits per heavy atom. The minimum Gasteiger partial charge on any atom is -0.370 e. The number of amides is 1. The van der Waals surface area contributed by atoms with E-state index in [9.17, 15) is 9.18 Å². The Hall–Kier alpha value is -2.17. The minimum atomic E-state index is -0.265. The number of nitrogens with zero attached hydrogens (tertiary/aromatic N) is 2. The maximum absolute atomic E-state index is 13.6. The summed E-state index contributed by atoms with van der Waals surface area (Å²) in [4.78, 5) is 18.6. The van der Waals surface area contributed by atoms with E-state index >= 15 is 0 Å². The topological polar surface area (TPSA) is 45.2 Å². The van der Waals surface area contributed by atoms with Gasteiger partial charge >= 0.3 is 0 Å². The average Bonchev–Trinajstić information content (AvgIpc) is 2.54. The van der Waals surface area contributed by atoms with E-state index in [4.69, 9.17) is 0 Å². The van der Waals surface area contributed by atoms with Crippen LogP contribution in [0.25, 0.3) is 10.9 Å². The molecule has 0 saturated carbocycles. The van der Waals surface area contributed by atoms with E-state index in [-0.39, 0.29) is 17.6 Å². The molecular formula is C17H20FN3O. The molecule has 1 amide bonds. The second-order valence-electron chi connectivity index (χ2n) is 5.84. The molecule has 0 radical (unpaired) electrons. The van der Waals surface area contributed by atoms with Gasteiger partial charge in [-0.3, -0.25) is 9.78 Å². The van der Waals surface area contributed by atoms with Gasteiger partial charge in [0, 0.05) is 36.9 Å². The molecule has 22 heavy (non-hydrogen) atoms. The van der Waals surface area contributed by atoms with Crippen molar-refractivity contribution in [2.75, 3.05) is 25.0 Å². The van der Waals surface area contributed by atoms with Gasteiger partial charge < -0.3 is 10.2 Å². The Kier molecular flexibility index (Phi) is 3.96. The molecule has 1 unspecified atom stereocenters. The number of hydrogen-bond acceptors (Lipinski definition) is 3. The van der Waals surface area contributed by atoms with Crippen LogP contribution in [0.15, 0.2) is 24.3 Å². The fraction of sp³-hybridized carbons (Fsp3) is 0.412. The van der Waals surface area contributed by atoms with Gasteiger partial charge in [-0.05, 0) is 44.0 Å². The second kappa shape index (κ2) is 5.91. The Labute approximate surface area is 129 Å². The Morgan fingerprint density at radius 3 is 3.00 bits per heavy atom. The molecule has 1 aromatic heterocycles. The van der Waals surface area contributed by atoms with E-state index in [0.717, 1.165) is 41.7 Å². The summed E-state index contributed by atoms with van der Waals surface area (Å²) in [5, 5.41) is 3.53. The van der Waals surface area contributed by atoms with Crippen LogP contribution in [-0.2, 0) is 4.79 Å². The van der Waals surface area contributed by atoms with Crippen molar-refractivity contribution < 1.29 is 9.18 Å². The normalized spacial score (nSPS) is 18.5. The molecule has 1 aliphatic rings. The molecule has 5 heteroatoms. The number of fused-ring (bicyclic) bond motifs is 1. The molecule has 3 rings (SSSR count). The predicted molar refractivity (Wildman–Crippen MR) is 85.4 cm³/mol. The van der Waals surface area contributed by atoms with Crippen molar-refractivity contribution in [2.24, 2.45) is 5.92 Å². The average molecular weight is 301 g/mol. The van der Waals surface area contributed by atoms with Crippen molar-refractivity contribution in [2.45, 2.75) is 19.8 Å². The Balaban J connectivity index is 2.01. The van der Waals surface area contributed by atoms with E-state index in [1.165, 1.54) is 12.1 Å². The van der Waals surface area contributed by atoms with Crippen LogP contribution in [0.4, 0.5) is 10.1 Å². The Bertz CT molecular complexity index is 716. The van der Waals surface area contributed by atoms with Crippen LogP contribution in [0.1, 0.15) is 18.5 Å². The largest absolute Gasteiger partial charge is 0.370 e. The van der Waals surface area contributed by atoms with Gasteiger partial charge in [-0.1, -0.05) is 0 Å². The molecule has 116 valence electrons. The summed E-state index contributed by atoms with van der Waals surface area (Å²) in [5.41, 5.74) is 2.66. The molecule has 0 bridgehead atoms. The molecule has 1 aromatic carbocycles. The number of anilines is 1. The van der Waals surface area contributed by atoms with Crippen molar-refractivity contribution in [3.05, 3.63) is 35.8 Å². The van der Waals surface area contributed by atoms with Crippen LogP contribution in [0, 0.1) is 18.7 Å². The van der Waals surface area contributed by atoms with Crippen molar-refractivity contribution in [1.82, 2.24) is 10.3 Å². The van der Waals surface area contributed by atoms with Gasteiger partial charge in [0.05, 0.1) is 11.4 Å². The van der Waals surface area contributed by atoms with Gasteiger partial charge in [0.15, 0.2) is 0 Å². The summed E-state index contributed by atoms with van der Waals surface area (Å²) >= 11 is 0. The summed E-state index contributed by atoms with van der Waals surface area (Å²) in [7, 11) is 1.67. The van der Waals surface area contributed by atoms with Gasteiger partial charge in [0.1, 0.15) is 5.82 Å². The van der Waals surface area contributed by atoms with Crippen LogP contribution >= 0.6 is 0 Å². The summed E-state index contributed by atoms with van der Waals surface area (Å²) in [6, 6.07) is 6.65. The number of pyridine rings is 1. The predicted octanol–water partition coefficient (Wildman–Crippen LogP) is 2.64. The molecule has 1 N–H and O–H groups in total. The fourth-order valence-electron chi connectivity index (χ4n) is 3.18. The lowest BCUT2D eigenvalue weighted by molar-refractivity contribution is -0.124. The van der Waals surface area contributed by atoms with Crippen LogP contribution in [0.2, 0.25) is 0 Å². The third-order valence-corrected chi connectivity index (χ3v) is 4.26.